The molecule has 0 aliphatic heterocycles. The summed E-state index contributed by atoms with van der Waals surface area (Å²) in [6.07, 6.45) is 1.20. The fourth-order valence-electron chi connectivity index (χ4n) is 3.41. The Kier molecular flexibility index (Phi) is 6.27. The Morgan fingerprint density at radius 1 is 1.11 bits per heavy atom. The number of amides is 1. The van der Waals surface area contributed by atoms with Crippen molar-refractivity contribution in [2.45, 2.75) is 26.2 Å². The van der Waals surface area contributed by atoms with Gasteiger partial charge in [-0.15, -0.1) is 0 Å². The maximum atomic E-state index is 12.4. The number of carbonyl (C=O) groups excluding carboxylic acids is 1. The van der Waals surface area contributed by atoms with E-state index in [0.717, 1.165) is 34.1 Å². The molecule has 1 amide bonds. The molecule has 0 radical (unpaired) electrons. The number of rotatable bonds is 7. The number of carboxylic acid groups (broad SMARTS) is 1. The Morgan fingerprint density at radius 3 is 2.43 bits per heavy atom. The first kappa shape index (κ1) is 20.2. The maximum Gasteiger partial charge on any atom is 0.307 e. The molecule has 146 valence electrons. The zero-order valence-electron chi connectivity index (χ0n) is 15.3. The van der Waals surface area contributed by atoms with Gasteiger partial charge in [-0.25, -0.2) is 0 Å². The largest absolute Gasteiger partial charge is 0.481 e. The van der Waals surface area contributed by atoms with E-state index in [1.54, 1.807) is 18.2 Å². The van der Waals surface area contributed by atoms with Gasteiger partial charge in [0.2, 0.25) is 0 Å². The van der Waals surface area contributed by atoms with Crippen LogP contribution in [-0.4, -0.2) is 28.5 Å². The SMILES string of the molecule is CCc1cccc2[nH]c(CCNC(=O)c3c(Cl)cccc3Cl)c(CC(=O)O)c12. The Balaban J connectivity index is 1.82. The molecule has 3 aromatic rings. The third-order valence-corrected chi connectivity index (χ3v) is 5.29. The average molecular weight is 419 g/mol. The summed E-state index contributed by atoms with van der Waals surface area (Å²) in [5, 5.41) is 13.7. The Morgan fingerprint density at radius 2 is 1.79 bits per heavy atom. The lowest BCUT2D eigenvalue weighted by atomic mass is 10.00. The van der Waals surface area contributed by atoms with Crippen molar-refractivity contribution in [2.75, 3.05) is 6.54 Å². The van der Waals surface area contributed by atoms with Crippen LogP contribution in [0.3, 0.4) is 0 Å². The fourth-order valence-corrected chi connectivity index (χ4v) is 3.98. The van der Waals surface area contributed by atoms with Crippen LogP contribution in [0.2, 0.25) is 10.0 Å². The molecule has 1 aromatic heterocycles. The Bertz CT molecular complexity index is 1020. The Hall–Kier alpha value is -2.50. The van der Waals surface area contributed by atoms with E-state index in [1.165, 1.54) is 0 Å². The lowest BCUT2D eigenvalue weighted by Crippen LogP contribution is -2.26. The number of aromatic nitrogens is 1. The number of carboxylic acids is 1. The molecule has 3 rings (SSSR count). The van der Waals surface area contributed by atoms with Crippen LogP contribution in [0, 0.1) is 0 Å². The molecule has 0 aliphatic rings. The molecule has 0 spiro atoms. The Labute approximate surface area is 172 Å². The highest BCUT2D eigenvalue weighted by molar-refractivity contribution is 6.39. The first-order valence-electron chi connectivity index (χ1n) is 8.97. The summed E-state index contributed by atoms with van der Waals surface area (Å²) < 4.78 is 0. The minimum atomic E-state index is -0.889. The van der Waals surface area contributed by atoms with Crippen LogP contribution in [0.1, 0.15) is 34.1 Å². The van der Waals surface area contributed by atoms with Crippen molar-refractivity contribution < 1.29 is 14.7 Å². The summed E-state index contributed by atoms with van der Waals surface area (Å²) in [6, 6.07) is 10.8. The van der Waals surface area contributed by atoms with Crippen molar-refractivity contribution >= 4 is 46.0 Å². The van der Waals surface area contributed by atoms with Gasteiger partial charge in [0.15, 0.2) is 0 Å². The summed E-state index contributed by atoms with van der Waals surface area (Å²) in [4.78, 5) is 27.1. The second-order valence-electron chi connectivity index (χ2n) is 6.45. The van der Waals surface area contributed by atoms with E-state index < -0.39 is 5.97 Å². The number of hydrogen-bond acceptors (Lipinski definition) is 2. The van der Waals surface area contributed by atoms with Gasteiger partial charge in [-0.05, 0) is 35.7 Å². The molecule has 2 aromatic carbocycles. The second kappa shape index (κ2) is 8.67. The molecular weight excluding hydrogens is 399 g/mol. The van der Waals surface area contributed by atoms with Crippen LogP contribution in [0.5, 0.6) is 0 Å². The van der Waals surface area contributed by atoms with Gasteiger partial charge in [0.05, 0.1) is 22.0 Å². The van der Waals surface area contributed by atoms with Crippen LogP contribution in [0.4, 0.5) is 0 Å². The van der Waals surface area contributed by atoms with E-state index in [9.17, 15) is 14.7 Å². The second-order valence-corrected chi connectivity index (χ2v) is 7.26. The first-order chi connectivity index (χ1) is 13.4. The van der Waals surface area contributed by atoms with Gasteiger partial charge in [0, 0.05) is 29.6 Å². The molecule has 1 heterocycles. The molecule has 0 saturated carbocycles. The lowest BCUT2D eigenvalue weighted by Gasteiger charge is -2.09. The van der Waals surface area contributed by atoms with E-state index in [1.807, 2.05) is 25.1 Å². The topological polar surface area (TPSA) is 82.2 Å². The fraction of sp³-hybridized carbons (Fsp3) is 0.238. The zero-order chi connectivity index (χ0) is 20.3. The highest BCUT2D eigenvalue weighted by Crippen LogP contribution is 2.28. The predicted octanol–water partition coefficient (Wildman–Crippen LogP) is 4.64. The number of benzene rings is 2. The number of H-pyrrole nitrogens is 1. The number of carbonyl (C=O) groups is 2. The molecule has 0 unspecified atom stereocenters. The third-order valence-electron chi connectivity index (χ3n) is 4.66. The summed E-state index contributed by atoms with van der Waals surface area (Å²) in [7, 11) is 0. The molecular formula is C21H20Cl2N2O3. The quantitative estimate of drug-likeness (QED) is 0.522. The van der Waals surface area contributed by atoms with Gasteiger partial charge in [0.1, 0.15) is 0 Å². The van der Waals surface area contributed by atoms with E-state index in [2.05, 4.69) is 10.3 Å². The van der Waals surface area contributed by atoms with Crippen LogP contribution in [0.15, 0.2) is 36.4 Å². The lowest BCUT2D eigenvalue weighted by molar-refractivity contribution is -0.136. The number of halogens is 2. The van der Waals surface area contributed by atoms with E-state index >= 15 is 0 Å². The molecule has 0 saturated heterocycles. The molecule has 28 heavy (non-hydrogen) atoms. The van der Waals surface area contributed by atoms with E-state index in [0.29, 0.717) is 13.0 Å². The van der Waals surface area contributed by atoms with Gasteiger partial charge >= 0.3 is 5.97 Å². The van der Waals surface area contributed by atoms with Crippen LogP contribution >= 0.6 is 23.2 Å². The number of fused-ring (bicyclic) bond motifs is 1. The minimum Gasteiger partial charge on any atom is -0.481 e. The van der Waals surface area contributed by atoms with Crippen molar-refractivity contribution in [1.82, 2.24) is 10.3 Å². The van der Waals surface area contributed by atoms with Gasteiger partial charge in [-0.1, -0.05) is 48.3 Å². The molecule has 3 N–H and O–H groups in total. The van der Waals surface area contributed by atoms with Crippen LogP contribution < -0.4 is 5.32 Å². The number of aromatic amines is 1. The summed E-state index contributed by atoms with van der Waals surface area (Å²) >= 11 is 12.1. The number of nitrogens with one attached hydrogen (secondary N) is 2. The van der Waals surface area contributed by atoms with Crippen molar-refractivity contribution in [3.63, 3.8) is 0 Å². The highest BCUT2D eigenvalue weighted by Gasteiger charge is 2.18. The normalized spacial score (nSPS) is 11.0. The van der Waals surface area contributed by atoms with E-state index in [-0.39, 0.29) is 27.9 Å². The van der Waals surface area contributed by atoms with Crippen molar-refractivity contribution in [1.29, 1.82) is 0 Å². The average Bonchev–Trinajstić information content (AvgIpc) is 2.98. The summed E-state index contributed by atoms with van der Waals surface area (Å²) in [5.41, 5.74) is 3.82. The zero-order valence-corrected chi connectivity index (χ0v) is 16.8. The molecule has 0 atom stereocenters. The van der Waals surface area contributed by atoms with Gasteiger partial charge in [0.25, 0.3) is 5.91 Å². The van der Waals surface area contributed by atoms with Crippen molar-refractivity contribution in [3.8, 4) is 0 Å². The molecule has 5 nitrogen and oxygen atoms in total. The summed E-state index contributed by atoms with van der Waals surface area (Å²) in [6.45, 7) is 2.36. The molecule has 7 heteroatoms. The maximum absolute atomic E-state index is 12.4. The first-order valence-corrected chi connectivity index (χ1v) is 9.73. The standard InChI is InChI=1S/C21H20Cl2N2O3/c1-2-12-5-3-8-17-19(12)13(11-18(26)27)16(25-17)9-10-24-21(28)20-14(22)6-4-7-15(20)23/h3-8,25H,2,9-11H2,1H3,(H,24,28)(H,26,27). The summed E-state index contributed by atoms with van der Waals surface area (Å²) in [5.74, 6) is -1.25. The molecule has 0 aliphatic carbocycles. The smallest absolute Gasteiger partial charge is 0.307 e. The number of hydrogen-bond donors (Lipinski definition) is 3. The van der Waals surface area contributed by atoms with Gasteiger partial charge in [-0.3, -0.25) is 9.59 Å². The minimum absolute atomic E-state index is 0.0728. The molecule has 0 bridgehead atoms. The highest BCUT2D eigenvalue weighted by atomic mass is 35.5. The van der Waals surface area contributed by atoms with Crippen molar-refractivity contribution in [3.05, 3.63) is 68.8 Å². The van der Waals surface area contributed by atoms with Crippen LogP contribution in [-0.2, 0) is 24.1 Å². The number of aliphatic carboxylic acids is 1. The van der Waals surface area contributed by atoms with Crippen molar-refractivity contribution in [2.24, 2.45) is 0 Å². The van der Waals surface area contributed by atoms with Crippen LogP contribution in [0.25, 0.3) is 10.9 Å². The third kappa shape index (κ3) is 4.16. The van der Waals surface area contributed by atoms with Gasteiger partial charge in [-0.2, -0.15) is 0 Å². The van der Waals surface area contributed by atoms with Gasteiger partial charge < -0.3 is 15.4 Å². The van der Waals surface area contributed by atoms with E-state index in [4.69, 9.17) is 23.2 Å². The monoisotopic (exact) mass is 418 g/mol. The molecule has 0 fully saturated rings. The number of aryl methyl sites for hydroxylation is 1. The predicted molar refractivity (Wildman–Crippen MR) is 112 cm³/mol.